The van der Waals surface area contributed by atoms with Gasteiger partial charge < -0.3 is 9.67 Å². The molecule has 34 heavy (non-hydrogen) atoms. The van der Waals surface area contributed by atoms with Crippen molar-refractivity contribution in [2.75, 3.05) is 0 Å². The third kappa shape index (κ3) is 4.06. The van der Waals surface area contributed by atoms with Crippen LogP contribution in [0.25, 0.3) is 33.3 Å². The number of fused-ring (bicyclic) bond motifs is 1. The van der Waals surface area contributed by atoms with Gasteiger partial charge in [0.25, 0.3) is 0 Å². The van der Waals surface area contributed by atoms with Gasteiger partial charge in [-0.3, -0.25) is 4.68 Å². The third-order valence-corrected chi connectivity index (χ3v) is 6.48. The molecule has 0 saturated carbocycles. The van der Waals surface area contributed by atoms with Crippen LogP contribution in [0, 0.1) is 27.7 Å². The van der Waals surface area contributed by atoms with Gasteiger partial charge in [0.05, 0.1) is 36.1 Å². The maximum Gasteiger partial charge on any atom is 0.0914 e. The molecule has 1 atom stereocenters. The lowest BCUT2D eigenvalue weighted by atomic mass is 9.97. The Kier molecular flexibility index (Phi) is 5.84. The van der Waals surface area contributed by atoms with Gasteiger partial charge in [0, 0.05) is 16.6 Å². The van der Waals surface area contributed by atoms with Crippen LogP contribution >= 0.6 is 0 Å². The highest BCUT2D eigenvalue weighted by Gasteiger charge is 2.23. The van der Waals surface area contributed by atoms with Crippen molar-refractivity contribution in [1.29, 1.82) is 0 Å². The molecule has 2 heterocycles. The molecule has 4 nitrogen and oxygen atoms in total. The molecule has 0 spiro atoms. The van der Waals surface area contributed by atoms with Crippen LogP contribution in [0.15, 0.2) is 78.9 Å². The SMILES string of the molecule is Cc1cc(C)c2c(c1)c(-c1ccccc1)c(-c1ccccc1)n2C[C@H](O)Cn1nc(C)cc1C. The predicted molar refractivity (Wildman–Crippen MR) is 140 cm³/mol. The van der Waals surface area contributed by atoms with Gasteiger partial charge in [-0.25, -0.2) is 0 Å². The number of benzene rings is 3. The fraction of sp³-hybridized carbons (Fsp3) is 0.233. The van der Waals surface area contributed by atoms with E-state index in [-0.39, 0.29) is 0 Å². The Morgan fingerprint density at radius 2 is 1.44 bits per heavy atom. The van der Waals surface area contributed by atoms with E-state index in [9.17, 15) is 5.11 Å². The predicted octanol–water partition coefficient (Wildman–Crippen LogP) is 6.47. The van der Waals surface area contributed by atoms with Crippen molar-refractivity contribution >= 4 is 10.9 Å². The highest BCUT2D eigenvalue weighted by Crippen LogP contribution is 2.42. The summed E-state index contributed by atoms with van der Waals surface area (Å²) in [6.45, 7) is 9.28. The average molecular weight is 450 g/mol. The molecular weight excluding hydrogens is 418 g/mol. The summed E-state index contributed by atoms with van der Waals surface area (Å²) in [6.07, 6.45) is -0.583. The molecular formula is C30H31N3O. The monoisotopic (exact) mass is 449 g/mol. The van der Waals surface area contributed by atoms with Crippen molar-refractivity contribution in [3.05, 3.63) is 101 Å². The van der Waals surface area contributed by atoms with Gasteiger partial charge in [-0.1, -0.05) is 72.3 Å². The fourth-order valence-corrected chi connectivity index (χ4v) is 5.19. The molecule has 0 unspecified atom stereocenters. The summed E-state index contributed by atoms with van der Waals surface area (Å²) in [5.41, 5.74) is 10.4. The molecule has 0 aliphatic rings. The Balaban J connectivity index is 1.74. The van der Waals surface area contributed by atoms with Crippen LogP contribution in [0.1, 0.15) is 22.5 Å². The van der Waals surface area contributed by atoms with Crippen LogP contribution in [0.4, 0.5) is 0 Å². The van der Waals surface area contributed by atoms with Crippen LogP contribution in [0.5, 0.6) is 0 Å². The van der Waals surface area contributed by atoms with Crippen LogP contribution in [-0.2, 0) is 13.1 Å². The van der Waals surface area contributed by atoms with E-state index >= 15 is 0 Å². The molecule has 2 aromatic heterocycles. The molecule has 4 heteroatoms. The summed E-state index contributed by atoms with van der Waals surface area (Å²) in [5, 5.41) is 17.1. The number of aryl methyl sites for hydroxylation is 4. The lowest BCUT2D eigenvalue weighted by molar-refractivity contribution is 0.131. The Bertz CT molecular complexity index is 1450. The zero-order valence-electron chi connectivity index (χ0n) is 20.3. The molecule has 1 N–H and O–H groups in total. The highest BCUT2D eigenvalue weighted by atomic mass is 16.3. The molecule has 0 radical (unpaired) electrons. The molecule has 0 fully saturated rings. The minimum Gasteiger partial charge on any atom is -0.389 e. The van der Waals surface area contributed by atoms with Gasteiger partial charge >= 0.3 is 0 Å². The largest absolute Gasteiger partial charge is 0.389 e. The van der Waals surface area contributed by atoms with Gasteiger partial charge in [0.1, 0.15) is 0 Å². The van der Waals surface area contributed by atoms with E-state index in [4.69, 9.17) is 0 Å². The van der Waals surface area contributed by atoms with Gasteiger partial charge in [0.2, 0.25) is 0 Å². The normalized spacial score (nSPS) is 12.4. The van der Waals surface area contributed by atoms with Gasteiger partial charge in [-0.15, -0.1) is 0 Å². The molecule has 0 aliphatic carbocycles. The first-order chi connectivity index (χ1) is 16.4. The Labute approximate surface area is 201 Å². The summed E-state index contributed by atoms with van der Waals surface area (Å²) < 4.78 is 4.22. The van der Waals surface area contributed by atoms with Crippen LogP contribution in [0.2, 0.25) is 0 Å². The molecule has 0 saturated heterocycles. The number of hydrogen-bond donors (Lipinski definition) is 1. The summed E-state index contributed by atoms with van der Waals surface area (Å²) in [7, 11) is 0. The molecule has 3 aromatic carbocycles. The fourth-order valence-electron chi connectivity index (χ4n) is 5.19. The number of rotatable bonds is 6. The van der Waals surface area contributed by atoms with Crippen LogP contribution in [0.3, 0.4) is 0 Å². The first-order valence-electron chi connectivity index (χ1n) is 11.9. The van der Waals surface area contributed by atoms with Crippen molar-refractivity contribution in [2.24, 2.45) is 0 Å². The molecule has 0 bridgehead atoms. The molecule has 5 rings (SSSR count). The van der Waals surface area contributed by atoms with Gasteiger partial charge in [0.15, 0.2) is 0 Å². The summed E-state index contributed by atoms with van der Waals surface area (Å²) in [5.74, 6) is 0. The summed E-state index contributed by atoms with van der Waals surface area (Å²) in [4.78, 5) is 0. The van der Waals surface area contributed by atoms with Crippen molar-refractivity contribution in [3.63, 3.8) is 0 Å². The zero-order valence-corrected chi connectivity index (χ0v) is 20.3. The second-order valence-electron chi connectivity index (χ2n) is 9.31. The van der Waals surface area contributed by atoms with Gasteiger partial charge in [-0.2, -0.15) is 5.10 Å². The Morgan fingerprint density at radius 3 is 2.06 bits per heavy atom. The topological polar surface area (TPSA) is 43.0 Å². The van der Waals surface area contributed by atoms with E-state index in [0.29, 0.717) is 13.1 Å². The molecule has 172 valence electrons. The maximum atomic E-state index is 11.3. The zero-order chi connectivity index (χ0) is 23.8. The van der Waals surface area contributed by atoms with Crippen LogP contribution in [-0.4, -0.2) is 25.6 Å². The molecule has 0 aliphatic heterocycles. The highest BCUT2D eigenvalue weighted by molar-refractivity contribution is 6.06. The number of nitrogens with zero attached hydrogens (tertiary/aromatic N) is 3. The van der Waals surface area contributed by atoms with Crippen molar-refractivity contribution < 1.29 is 5.11 Å². The van der Waals surface area contributed by atoms with Gasteiger partial charge in [-0.05, 0) is 56.5 Å². The quantitative estimate of drug-likeness (QED) is 0.323. The minimum absolute atomic E-state index is 0.457. The number of hydrogen-bond acceptors (Lipinski definition) is 2. The van der Waals surface area contributed by atoms with E-state index in [0.717, 1.165) is 22.6 Å². The smallest absolute Gasteiger partial charge is 0.0914 e. The van der Waals surface area contributed by atoms with E-state index in [2.05, 4.69) is 90.2 Å². The van der Waals surface area contributed by atoms with Crippen molar-refractivity contribution in [2.45, 2.75) is 46.9 Å². The standard InChI is InChI=1S/C30H31N3O/c1-20-15-21(2)29-27(16-20)28(24-11-7-5-8-12-24)30(25-13-9-6-10-14-25)32(29)18-26(34)19-33-23(4)17-22(3)31-33/h5-17,26,34H,18-19H2,1-4H3/t26-/m0/s1. The minimum atomic E-state index is -0.583. The van der Waals surface area contributed by atoms with Crippen molar-refractivity contribution in [3.8, 4) is 22.4 Å². The maximum absolute atomic E-state index is 11.3. The van der Waals surface area contributed by atoms with Crippen LogP contribution < -0.4 is 0 Å². The van der Waals surface area contributed by atoms with E-state index in [1.54, 1.807) is 0 Å². The summed E-state index contributed by atoms with van der Waals surface area (Å²) in [6, 6.07) is 27.7. The average Bonchev–Trinajstić information content (AvgIpc) is 3.30. The Hall–Kier alpha value is -3.63. The first-order valence-corrected chi connectivity index (χ1v) is 11.9. The molecule has 0 amide bonds. The first kappa shape index (κ1) is 22.2. The van der Waals surface area contributed by atoms with E-state index in [1.807, 2.05) is 30.7 Å². The molecule has 5 aromatic rings. The number of aliphatic hydroxyl groups excluding tert-OH is 1. The van der Waals surface area contributed by atoms with E-state index in [1.165, 1.54) is 33.2 Å². The number of aliphatic hydroxyl groups is 1. The van der Waals surface area contributed by atoms with Crippen molar-refractivity contribution in [1.82, 2.24) is 14.3 Å². The third-order valence-electron chi connectivity index (χ3n) is 6.48. The second-order valence-corrected chi connectivity index (χ2v) is 9.31. The number of aromatic nitrogens is 3. The Morgan fingerprint density at radius 1 is 0.794 bits per heavy atom. The summed E-state index contributed by atoms with van der Waals surface area (Å²) >= 11 is 0. The van der Waals surface area contributed by atoms with E-state index < -0.39 is 6.10 Å². The lowest BCUT2D eigenvalue weighted by Crippen LogP contribution is -2.24. The second kappa shape index (κ2) is 8.96. The lowest BCUT2D eigenvalue weighted by Gasteiger charge is -2.18.